The van der Waals surface area contributed by atoms with E-state index in [0.29, 0.717) is 5.76 Å². The molecule has 1 atom stereocenters. The van der Waals surface area contributed by atoms with Crippen molar-refractivity contribution >= 4 is 21.9 Å². The lowest BCUT2D eigenvalue weighted by Crippen LogP contribution is -2.21. The van der Waals surface area contributed by atoms with Crippen molar-refractivity contribution in [1.29, 1.82) is 0 Å². The molecule has 0 spiro atoms. The standard InChI is InChI=1S/C15H16BrNO3/c1-10(13-6-7-14(20-13)15(18)19)17(2)9-11-4-3-5-12(16)8-11/h3-8,10H,9H2,1-2H3,(H,18,19). The van der Waals surface area contributed by atoms with E-state index in [0.717, 1.165) is 11.0 Å². The summed E-state index contributed by atoms with van der Waals surface area (Å²) in [6.45, 7) is 2.74. The van der Waals surface area contributed by atoms with Gasteiger partial charge in [0.05, 0.1) is 6.04 Å². The first-order valence-corrected chi connectivity index (χ1v) is 7.04. The molecule has 0 aliphatic carbocycles. The molecule has 0 saturated carbocycles. The second-order valence-electron chi connectivity index (χ2n) is 4.73. The van der Waals surface area contributed by atoms with Gasteiger partial charge in [-0.05, 0) is 43.8 Å². The Hall–Kier alpha value is -1.59. The number of nitrogens with zero attached hydrogens (tertiary/aromatic N) is 1. The van der Waals surface area contributed by atoms with Gasteiger partial charge in [-0.15, -0.1) is 0 Å². The molecule has 1 heterocycles. The average molecular weight is 338 g/mol. The van der Waals surface area contributed by atoms with Crippen LogP contribution in [0.3, 0.4) is 0 Å². The number of carboxylic acid groups (broad SMARTS) is 1. The molecule has 0 bridgehead atoms. The molecule has 2 aromatic rings. The van der Waals surface area contributed by atoms with Crippen molar-refractivity contribution < 1.29 is 14.3 Å². The predicted octanol–water partition coefficient (Wildman–Crippen LogP) is 3.93. The summed E-state index contributed by atoms with van der Waals surface area (Å²) in [5.41, 5.74) is 1.18. The van der Waals surface area contributed by atoms with Crippen molar-refractivity contribution in [3.8, 4) is 0 Å². The van der Waals surface area contributed by atoms with E-state index in [-0.39, 0.29) is 11.8 Å². The van der Waals surface area contributed by atoms with E-state index in [9.17, 15) is 4.79 Å². The van der Waals surface area contributed by atoms with Gasteiger partial charge in [-0.2, -0.15) is 0 Å². The lowest BCUT2D eigenvalue weighted by Gasteiger charge is -2.23. The third-order valence-corrected chi connectivity index (χ3v) is 3.72. The van der Waals surface area contributed by atoms with Crippen molar-refractivity contribution in [2.45, 2.75) is 19.5 Å². The van der Waals surface area contributed by atoms with Crippen LogP contribution in [0.4, 0.5) is 0 Å². The van der Waals surface area contributed by atoms with E-state index in [1.165, 1.54) is 11.6 Å². The quantitative estimate of drug-likeness (QED) is 0.897. The topological polar surface area (TPSA) is 53.7 Å². The normalized spacial score (nSPS) is 12.6. The molecular formula is C15H16BrNO3. The summed E-state index contributed by atoms with van der Waals surface area (Å²) in [5, 5.41) is 8.87. The van der Waals surface area contributed by atoms with Crippen molar-refractivity contribution in [2.75, 3.05) is 7.05 Å². The Bertz CT molecular complexity index is 609. The van der Waals surface area contributed by atoms with E-state index >= 15 is 0 Å². The molecule has 20 heavy (non-hydrogen) atoms. The summed E-state index contributed by atoms with van der Waals surface area (Å²) in [7, 11) is 1.98. The van der Waals surface area contributed by atoms with Crippen LogP contribution in [0.25, 0.3) is 0 Å². The number of carbonyl (C=O) groups is 1. The molecule has 4 nitrogen and oxygen atoms in total. The van der Waals surface area contributed by atoms with E-state index < -0.39 is 5.97 Å². The first kappa shape index (κ1) is 14.8. The number of benzene rings is 1. The lowest BCUT2D eigenvalue weighted by atomic mass is 10.1. The fraction of sp³-hybridized carbons (Fsp3) is 0.267. The Morgan fingerprint density at radius 3 is 2.75 bits per heavy atom. The van der Waals surface area contributed by atoms with Crippen LogP contribution in [0.15, 0.2) is 45.3 Å². The van der Waals surface area contributed by atoms with Crippen molar-refractivity contribution in [2.24, 2.45) is 0 Å². The SMILES string of the molecule is CC(c1ccc(C(=O)O)o1)N(C)Cc1cccc(Br)c1. The summed E-state index contributed by atoms with van der Waals surface area (Å²) in [5.74, 6) is -0.416. The van der Waals surface area contributed by atoms with Gasteiger partial charge >= 0.3 is 5.97 Å². The molecule has 0 aliphatic heterocycles. The summed E-state index contributed by atoms with van der Waals surface area (Å²) >= 11 is 3.45. The van der Waals surface area contributed by atoms with Gasteiger partial charge in [-0.1, -0.05) is 28.1 Å². The molecule has 0 aliphatic rings. The van der Waals surface area contributed by atoms with Crippen LogP contribution in [0, 0.1) is 0 Å². The summed E-state index contributed by atoms with van der Waals surface area (Å²) < 4.78 is 6.38. The van der Waals surface area contributed by atoms with Crippen LogP contribution in [0.5, 0.6) is 0 Å². The van der Waals surface area contributed by atoms with E-state index in [2.05, 4.69) is 33.0 Å². The fourth-order valence-corrected chi connectivity index (χ4v) is 2.42. The molecule has 0 radical (unpaired) electrons. The molecule has 0 fully saturated rings. The first-order valence-electron chi connectivity index (χ1n) is 6.25. The van der Waals surface area contributed by atoms with Crippen molar-refractivity contribution in [1.82, 2.24) is 4.90 Å². The molecule has 1 unspecified atom stereocenters. The average Bonchev–Trinajstić information content (AvgIpc) is 2.87. The molecule has 1 N–H and O–H groups in total. The number of carboxylic acids is 1. The van der Waals surface area contributed by atoms with Crippen LogP contribution < -0.4 is 0 Å². The largest absolute Gasteiger partial charge is 0.475 e. The first-order chi connectivity index (χ1) is 9.47. The summed E-state index contributed by atoms with van der Waals surface area (Å²) in [6, 6.07) is 11.3. The third kappa shape index (κ3) is 3.49. The molecular weight excluding hydrogens is 322 g/mol. The van der Waals surface area contributed by atoms with Crippen LogP contribution in [-0.4, -0.2) is 23.0 Å². The molecule has 1 aromatic heterocycles. The number of aromatic carboxylic acids is 1. The van der Waals surface area contributed by atoms with E-state index in [4.69, 9.17) is 9.52 Å². The minimum absolute atomic E-state index is 0.00193. The van der Waals surface area contributed by atoms with Gasteiger partial charge in [-0.3, -0.25) is 4.90 Å². The number of hydrogen-bond donors (Lipinski definition) is 1. The van der Waals surface area contributed by atoms with E-state index in [1.807, 2.05) is 26.1 Å². The van der Waals surface area contributed by atoms with Crippen LogP contribution in [0.2, 0.25) is 0 Å². The fourth-order valence-electron chi connectivity index (χ4n) is 1.97. The van der Waals surface area contributed by atoms with Gasteiger partial charge in [0.15, 0.2) is 0 Å². The Kier molecular flexibility index (Phi) is 4.62. The Labute approximate surface area is 126 Å². The van der Waals surface area contributed by atoms with Gasteiger partial charge in [-0.25, -0.2) is 4.79 Å². The second kappa shape index (κ2) is 6.24. The molecule has 0 saturated heterocycles. The zero-order valence-electron chi connectivity index (χ0n) is 11.3. The molecule has 106 valence electrons. The van der Waals surface area contributed by atoms with Gasteiger partial charge in [0, 0.05) is 11.0 Å². The minimum Gasteiger partial charge on any atom is -0.475 e. The monoisotopic (exact) mass is 337 g/mol. The Balaban J connectivity index is 2.07. The Morgan fingerprint density at radius 1 is 1.40 bits per heavy atom. The highest BCUT2D eigenvalue weighted by molar-refractivity contribution is 9.10. The van der Waals surface area contributed by atoms with Crippen LogP contribution in [-0.2, 0) is 6.54 Å². The van der Waals surface area contributed by atoms with Gasteiger partial charge < -0.3 is 9.52 Å². The number of hydrogen-bond acceptors (Lipinski definition) is 3. The van der Waals surface area contributed by atoms with Crippen LogP contribution >= 0.6 is 15.9 Å². The zero-order valence-corrected chi connectivity index (χ0v) is 12.9. The van der Waals surface area contributed by atoms with Crippen molar-refractivity contribution in [3.63, 3.8) is 0 Å². The number of rotatable bonds is 5. The molecule has 5 heteroatoms. The summed E-state index contributed by atoms with van der Waals surface area (Å²) in [6.07, 6.45) is 0. The minimum atomic E-state index is -1.04. The lowest BCUT2D eigenvalue weighted by molar-refractivity contribution is 0.0656. The van der Waals surface area contributed by atoms with Crippen molar-refractivity contribution in [3.05, 3.63) is 58.0 Å². The van der Waals surface area contributed by atoms with Crippen LogP contribution in [0.1, 0.15) is 34.8 Å². The maximum Gasteiger partial charge on any atom is 0.371 e. The van der Waals surface area contributed by atoms with Gasteiger partial charge in [0.1, 0.15) is 5.76 Å². The maximum atomic E-state index is 10.8. The summed E-state index contributed by atoms with van der Waals surface area (Å²) in [4.78, 5) is 12.9. The Morgan fingerprint density at radius 2 is 2.15 bits per heavy atom. The molecule has 1 aromatic carbocycles. The number of halogens is 1. The van der Waals surface area contributed by atoms with Gasteiger partial charge in [0.2, 0.25) is 5.76 Å². The number of furan rings is 1. The highest BCUT2D eigenvalue weighted by atomic mass is 79.9. The van der Waals surface area contributed by atoms with Gasteiger partial charge in [0.25, 0.3) is 0 Å². The predicted molar refractivity (Wildman–Crippen MR) is 79.7 cm³/mol. The smallest absolute Gasteiger partial charge is 0.371 e. The van der Waals surface area contributed by atoms with E-state index in [1.54, 1.807) is 6.07 Å². The highest BCUT2D eigenvalue weighted by Crippen LogP contribution is 2.23. The maximum absolute atomic E-state index is 10.8. The molecule has 2 rings (SSSR count). The highest BCUT2D eigenvalue weighted by Gasteiger charge is 2.18. The second-order valence-corrected chi connectivity index (χ2v) is 5.64. The third-order valence-electron chi connectivity index (χ3n) is 3.23. The molecule has 0 amide bonds. The zero-order chi connectivity index (χ0) is 14.7.